The molecule has 0 aromatic heterocycles. The van der Waals surface area contributed by atoms with Gasteiger partial charge in [0, 0.05) is 22.3 Å². The lowest BCUT2D eigenvalue weighted by molar-refractivity contribution is -0.138. The highest BCUT2D eigenvalue weighted by Crippen LogP contribution is 2.34. The van der Waals surface area contributed by atoms with E-state index in [0.29, 0.717) is 17.8 Å². The molecule has 0 radical (unpaired) electrons. The minimum atomic E-state index is -0.527. The van der Waals surface area contributed by atoms with Crippen molar-refractivity contribution in [1.29, 1.82) is 0 Å². The van der Waals surface area contributed by atoms with Crippen molar-refractivity contribution in [2.75, 3.05) is 13.2 Å². The van der Waals surface area contributed by atoms with Crippen molar-refractivity contribution >= 4 is 33.9 Å². The minimum Gasteiger partial charge on any atom is -0.507 e. The van der Waals surface area contributed by atoms with Gasteiger partial charge < -0.3 is 14.7 Å². The summed E-state index contributed by atoms with van der Waals surface area (Å²) in [7, 11) is 0. The zero-order valence-corrected chi connectivity index (χ0v) is 16.4. The molecule has 25 heavy (non-hydrogen) atoms. The van der Waals surface area contributed by atoms with Gasteiger partial charge in [-0.1, -0.05) is 29.8 Å². The molecule has 0 saturated heterocycles. The monoisotopic (exact) mass is 407 g/mol. The van der Waals surface area contributed by atoms with E-state index >= 15 is 0 Å². The summed E-state index contributed by atoms with van der Waals surface area (Å²) in [6.07, 6.45) is 1.54. The minimum absolute atomic E-state index is 0.0340. The zero-order valence-electron chi connectivity index (χ0n) is 14.8. The molecule has 1 N–H and O–H groups in total. The molecule has 1 aromatic carbocycles. The highest BCUT2D eigenvalue weighted by molar-refractivity contribution is 9.10. The number of allylic oxidation sites excluding steroid dienone is 1. The third-order valence-electron chi connectivity index (χ3n) is 3.83. The molecule has 0 spiro atoms. The smallest absolute Gasteiger partial charge is 0.340 e. The van der Waals surface area contributed by atoms with Gasteiger partial charge in [0.2, 0.25) is 0 Å². The number of halogens is 1. The molecule has 1 aliphatic heterocycles. The molecule has 1 aromatic rings. The van der Waals surface area contributed by atoms with Crippen molar-refractivity contribution in [2.24, 2.45) is 5.92 Å². The van der Waals surface area contributed by atoms with Gasteiger partial charge in [0.1, 0.15) is 5.75 Å². The Bertz CT molecular complexity index is 765. The third-order valence-corrected chi connectivity index (χ3v) is 4.32. The average molecular weight is 408 g/mol. The van der Waals surface area contributed by atoms with E-state index in [1.165, 1.54) is 6.07 Å². The van der Waals surface area contributed by atoms with Gasteiger partial charge in [-0.25, -0.2) is 4.79 Å². The number of amides is 1. The molecule has 2 rings (SSSR count). The lowest BCUT2D eigenvalue weighted by atomic mass is 10.0. The molecule has 0 bridgehead atoms. The van der Waals surface area contributed by atoms with Crippen molar-refractivity contribution < 1.29 is 19.4 Å². The van der Waals surface area contributed by atoms with Crippen LogP contribution in [0.1, 0.15) is 33.3 Å². The van der Waals surface area contributed by atoms with Crippen molar-refractivity contribution in [3.05, 3.63) is 45.1 Å². The Kier molecular flexibility index (Phi) is 6.06. The first kappa shape index (κ1) is 19.2. The van der Waals surface area contributed by atoms with Gasteiger partial charge in [-0.2, -0.15) is 0 Å². The molecule has 0 saturated carbocycles. The predicted molar refractivity (Wildman–Crippen MR) is 99.7 cm³/mol. The van der Waals surface area contributed by atoms with Crippen LogP contribution < -0.4 is 0 Å². The van der Waals surface area contributed by atoms with Crippen LogP contribution in [0, 0.1) is 5.92 Å². The Balaban J connectivity index is 2.56. The Morgan fingerprint density at radius 1 is 1.40 bits per heavy atom. The zero-order chi connectivity index (χ0) is 18.7. The third kappa shape index (κ3) is 4.12. The number of ether oxygens (including phenoxy) is 1. The van der Waals surface area contributed by atoms with Crippen LogP contribution in [0.15, 0.2) is 39.5 Å². The van der Waals surface area contributed by atoms with Gasteiger partial charge in [-0.3, -0.25) is 4.79 Å². The van der Waals surface area contributed by atoms with Gasteiger partial charge in [-0.05, 0) is 44.0 Å². The summed E-state index contributed by atoms with van der Waals surface area (Å²) in [5.74, 6) is -0.499. The fourth-order valence-electron chi connectivity index (χ4n) is 2.71. The number of nitrogens with zero attached hydrogens (tertiary/aromatic N) is 1. The number of hydrogen-bond donors (Lipinski definition) is 1. The number of phenolic OH excluding ortho intramolecular Hbond substituents is 1. The molecule has 1 heterocycles. The summed E-state index contributed by atoms with van der Waals surface area (Å²) in [6, 6.07) is 4.92. The van der Waals surface area contributed by atoms with Crippen LogP contribution in [0.5, 0.6) is 5.75 Å². The molecule has 0 aliphatic carbocycles. The number of esters is 1. The lowest BCUT2D eigenvalue weighted by Gasteiger charge is -2.19. The normalized spacial score (nSPS) is 16.3. The molecule has 1 amide bonds. The second kappa shape index (κ2) is 7.87. The van der Waals surface area contributed by atoms with Crippen LogP contribution in [0.25, 0.3) is 6.08 Å². The lowest BCUT2D eigenvalue weighted by Crippen LogP contribution is -2.28. The Morgan fingerprint density at radius 2 is 2.08 bits per heavy atom. The van der Waals surface area contributed by atoms with Crippen LogP contribution in [0.2, 0.25) is 0 Å². The van der Waals surface area contributed by atoms with E-state index < -0.39 is 5.97 Å². The average Bonchev–Trinajstić information content (AvgIpc) is 2.75. The summed E-state index contributed by atoms with van der Waals surface area (Å²) in [4.78, 5) is 26.9. The first-order chi connectivity index (χ1) is 11.8. The number of rotatable bonds is 5. The van der Waals surface area contributed by atoms with Gasteiger partial charge in [0.05, 0.1) is 17.8 Å². The van der Waals surface area contributed by atoms with E-state index in [1.807, 2.05) is 13.8 Å². The van der Waals surface area contributed by atoms with Gasteiger partial charge in [0.15, 0.2) is 0 Å². The van der Waals surface area contributed by atoms with Crippen molar-refractivity contribution in [3.8, 4) is 5.75 Å². The molecular formula is C19H22BrNO4. The summed E-state index contributed by atoms with van der Waals surface area (Å²) in [6.45, 7) is 8.21. The largest absolute Gasteiger partial charge is 0.507 e. The van der Waals surface area contributed by atoms with Crippen LogP contribution in [0.4, 0.5) is 0 Å². The summed E-state index contributed by atoms with van der Waals surface area (Å²) < 4.78 is 5.90. The standard InChI is InChI=1S/C19H22BrNO4/c1-5-25-19(24)17-12(4)21(10-11(2)3)18(23)15(17)9-13-8-14(20)6-7-16(13)22/h6-9,11,22H,5,10H2,1-4H3/b15-9-. The second-order valence-corrected chi connectivity index (χ2v) is 7.17. The van der Waals surface area contributed by atoms with E-state index in [9.17, 15) is 14.7 Å². The van der Waals surface area contributed by atoms with Crippen LogP contribution in [-0.4, -0.2) is 35.0 Å². The first-order valence-electron chi connectivity index (χ1n) is 8.16. The molecule has 1 aliphatic rings. The number of phenols is 1. The van der Waals surface area contributed by atoms with E-state index in [0.717, 1.165) is 4.47 Å². The number of hydrogen-bond acceptors (Lipinski definition) is 4. The highest BCUT2D eigenvalue weighted by Gasteiger charge is 2.37. The van der Waals surface area contributed by atoms with E-state index in [2.05, 4.69) is 15.9 Å². The molecule has 0 atom stereocenters. The quantitative estimate of drug-likeness (QED) is 0.593. The maximum atomic E-state index is 12.9. The molecular weight excluding hydrogens is 386 g/mol. The molecule has 134 valence electrons. The second-order valence-electron chi connectivity index (χ2n) is 6.25. The topological polar surface area (TPSA) is 66.8 Å². The highest BCUT2D eigenvalue weighted by atomic mass is 79.9. The van der Waals surface area contributed by atoms with E-state index in [1.54, 1.807) is 37.0 Å². The number of carbonyl (C=O) groups is 2. The van der Waals surface area contributed by atoms with Crippen molar-refractivity contribution in [2.45, 2.75) is 27.7 Å². The van der Waals surface area contributed by atoms with Crippen LogP contribution >= 0.6 is 15.9 Å². The van der Waals surface area contributed by atoms with E-state index in [-0.39, 0.29) is 35.3 Å². The Labute approximate surface area is 156 Å². The number of benzene rings is 1. The van der Waals surface area contributed by atoms with Gasteiger partial charge >= 0.3 is 5.97 Å². The fourth-order valence-corrected chi connectivity index (χ4v) is 3.09. The maximum absolute atomic E-state index is 12.9. The summed E-state index contributed by atoms with van der Waals surface area (Å²) in [5.41, 5.74) is 1.54. The Morgan fingerprint density at radius 3 is 2.68 bits per heavy atom. The summed E-state index contributed by atoms with van der Waals surface area (Å²) in [5, 5.41) is 10.1. The van der Waals surface area contributed by atoms with Gasteiger partial charge in [-0.15, -0.1) is 0 Å². The molecule has 5 nitrogen and oxygen atoms in total. The SMILES string of the molecule is CCOC(=O)C1=C(C)N(CC(C)C)C(=O)/C1=C\c1cc(Br)ccc1O. The maximum Gasteiger partial charge on any atom is 0.340 e. The fraction of sp³-hybridized carbons (Fsp3) is 0.368. The van der Waals surface area contributed by atoms with Crippen molar-refractivity contribution in [3.63, 3.8) is 0 Å². The van der Waals surface area contributed by atoms with Crippen LogP contribution in [-0.2, 0) is 14.3 Å². The number of aromatic hydroxyl groups is 1. The summed E-state index contributed by atoms with van der Waals surface area (Å²) >= 11 is 3.35. The molecule has 6 heteroatoms. The van der Waals surface area contributed by atoms with Crippen molar-refractivity contribution in [1.82, 2.24) is 4.90 Å². The first-order valence-corrected chi connectivity index (χ1v) is 8.96. The number of carbonyl (C=O) groups excluding carboxylic acids is 2. The van der Waals surface area contributed by atoms with Crippen LogP contribution in [0.3, 0.4) is 0 Å². The molecule has 0 unspecified atom stereocenters. The molecule has 0 fully saturated rings. The van der Waals surface area contributed by atoms with Gasteiger partial charge in [0.25, 0.3) is 5.91 Å². The van der Waals surface area contributed by atoms with E-state index in [4.69, 9.17) is 4.74 Å². The predicted octanol–water partition coefficient (Wildman–Crippen LogP) is 3.87. The Hall–Kier alpha value is -2.08.